The summed E-state index contributed by atoms with van der Waals surface area (Å²) in [6, 6.07) is 0.221. The Balaban J connectivity index is 1.67. The molecule has 3 fully saturated rings. The number of hydrogen-bond acceptors (Lipinski definition) is 3. The van der Waals surface area contributed by atoms with Crippen LogP contribution in [0.1, 0.15) is 32.6 Å². The van der Waals surface area contributed by atoms with Gasteiger partial charge in [0.1, 0.15) is 0 Å². The van der Waals surface area contributed by atoms with Gasteiger partial charge in [-0.05, 0) is 38.0 Å². The van der Waals surface area contributed by atoms with Crippen LogP contribution in [-0.2, 0) is 14.3 Å². The van der Waals surface area contributed by atoms with Gasteiger partial charge in [0.15, 0.2) is 0 Å². The standard InChI is InChI=1S/C14H21NO4/c1-9-14(3-6-19-7-4-14)2-5-15(9)12(16)10-8-11(10)13(17)18/h9-11H,2-8H2,1H3,(H,17,18). The molecule has 1 N–H and O–H groups in total. The van der Waals surface area contributed by atoms with Crippen LogP contribution in [-0.4, -0.2) is 47.7 Å². The first-order valence-corrected chi connectivity index (χ1v) is 7.16. The number of carbonyl (C=O) groups excluding carboxylic acids is 1. The third-order valence-corrected chi connectivity index (χ3v) is 5.40. The van der Waals surface area contributed by atoms with Crippen LogP contribution in [0, 0.1) is 17.3 Å². The third-order valence-electron chi connectivity index (χ3n) is 5.40. The summed E-state index contributed by atoms with van der Waals surface area (Å²) >= 11 is 0. The Bertz CT molecular complexity index is 402. The highest BCUT2D eigenvalue weighted by Crippen LogP contribution is 2.48. The number of aliphatic carboxylic acids is 1. The van der Waals surface area contributed by atoms with Crippen LogP contribution in [0.25, 0.3) is 0 Å². The van der Waals surface area contributed by atoms with Crippen LogP contribution in [0.4, 0.5) is 0 Å². The van der Waals surface area contributed by atoms with Gasteiger partial charge in [0, 0.05) is 25.8 Å². The van der Waals surface area contributed by atoms with Gasteiger partial charge in [-0.1, -0.05) is 0 Å². The van der Waals surface area contributed by atoms with Gasteiger partial charge in [0.2, 0.25) is 5.91 Å². The second-order valence-corrected chi connectivity index (χ2v) is 6.22. The fraction of sp³-hybridized carbons (Fsp3) is 0.857. The van der Waals surface area contributed by atoms with Crippen molar-refractivity contribution in [2.75, 3.05) is 19.8 Å². The molecule has 5 nitrogen and oxygen atoms in total. The van der Waals surface area contributed by atoms with Crippen LogP contribution in [0.15, 0.2) is 0 Å². The summed E-state index contributed by atoms with van der Waals surface area (Å²) in [6.45, 7) is 4.47. The van der Waals surface area contributed by atoms with Crippen molar-refractivity contribution in [3.8, 4) is 0 Å². The Labute approximate surface area is 112 Å². The Kier molecular flexibility index (Phi) is 3.04. The molecule has 5 heteroatoms. The van der Waals surface area contributed by atoms with Crippen LogP contribution >= 0.6 is 0 Å². The maximum absolute atomic E-state index is 12.4. The van der Waals surface area contributed by atoms with Crippen LogP contribution in [0.5, 0.6) is 0 Å². The zero-order valence-corrected chi connectivity index (χ0v) is 11.3. The smallest absolute Gasteiger partial charge is 0.307 e. The Hall–Kier alpha value is -1.10. The zero-order valence-electron chi connectivity index (χ0n) is 11.3. The van der Waals surface area contributed by atoms with Crippen molar-refractivity contribution in [3.63, 3.8) is 0 Å². The normalized spacial score (nSPS) is 36.5. The first-order valence-electron chi connectivity index (χ1n) is 7.16. The number of hydrogen-bond donors (Lipinski definition) is 1. The minimum absolute atomic E-state index is 0.0586. The van der Waals surface area contributed by atoms with Crippen molar-refractivity contribution < 1.29 is 19.4 Å². The second kappa shape index (κ2) is 4.47. The maximum Gasteiger partial charge on any atom is 0.307 e. The Morgan fingerprint density at radius 2 is 1.89 bits per heavy atom. The van der Waals surface area contributed by atoms with Crippen molar-refractivity contribution >= 4 is 11.9 Å². The molecule has 1 spiro atoms. The highest BCUT2D eigenvalue weighted by molar-refractivity contribution is 5.89. The summed E-state index contributed by atoms with van der Waals surface area (Å²) in [7, 11) is 0. The first-order chi connectivity index (χ1) is 9.05. The molecule has 0 bridgehead atoms. The molecular weight excluding hydrogens is 246 g/mol. The lowest BCUT2D eigenvalue weighted by Gasteiger charge is -2.39. The molecule has 106 valence electrons. The largest absolute Gasteiger partial charge is 0.481 e. The minimum Gasteiger partial charge on any atom is -0.481 e. The average Bonchev–Trinajstić information content (AvgIpc) is 3.14. The predicted octanol–water partition coefficient (Wildman–Crippen LogP) is 1.12. The number of carbonyl (C=O) groups is 2. The molecule has 0 aromatic carbocycles. The number of amides is 1. The van der Waals surface area contributed by atoms with Crippen LogP contribution in [0.3, 0.4) is 0 Å². The maximum atomic E-state index is 12.4. The lowest BCUT2D eigenvalue weighted by Crippen LogP contribution is -2.44. The number of carboxylic acid groups (broad SMARTS) is 1. The van der Waals surface area contributed by atoms with Crippen molar-refractivity contribution in [1.82, 2.24) is 4.90 Å². The number of ether oxygens (including phenoxy) is 1. The molecule has 3 rings (SSSR count). The molecule has 2 heterocycles. The summed E-state index contributed by atoms with van der Waals surface area (Å²) in [5.41, 5.74) is 0.210. The topological polar surface area (TPSA) is 66.8 Å². The van der Waals surface area contributed by atoms with Gasteiger partial charge in [-0.3, -0.25) is 9.59 Å². The number of rotatable bonds is 2. The Morgan fingerprint density at radius 1 is 1.21 bits per heavy atom. The van der Waals surface area contributed by atoms with E-state index in [2.05, 4.69) is 6.92 Å². The zero-order chi connectivity index (χ0) is 13.6. The fourth-order valence-electron chi connectivity index (χ4n) is 3.78. The monoisotopic (exact) mass is 267 g/mol. The van der Waals surface area contributed by atoms with E-state index < -0.39 is 11.9 Å². The van der Waals surface area contributed by atoms with E-state index in [1.54, 1.807) is 0 Å². The number of carboxylic acids is 1. The molecule has 1 amide bonds. The highest BCUT2D eigenvalue weighted by atomic mass is 16.5. The number of nitrogens with zero attached hydrogens (tertiary/aromatic N) is 1. The van der Waals surface area contributed by atoms with E-state index in [1.165, 1.54) is 0 Å². The molecule has 3 aliphatic rings. The highest BCUT2D eigenvalue weighted by Gasteiger charge is 2.54. The van der Waals surface area contributed by atoms with E-state index >= 15 is 0 Å². The summed E-state index contributed by atoms with van der Waals surface area (Å²) in [6.07, 6.45) is 3.59. The fourth-order valence-corrected chi connectivity index (χ4v) is 3.78. The number of likely N-dealkylation sites (tertiary alicyclic amines) is 1. The van der Waals surface area contributed by atoms with Gasteiger partial charge in [0.05, 0.1) is 11.8 Å². The molecule has 2 aliphatic heterocycles. The summed E-state index contributed by atoms with van der Waals surface area (Å²) in [5.74, 6) is -1.48. The van der Waals surface area contributed by atoms with E-state index in [0.29, 0.717) is 6.42 Å². The molecule has 1 aliphatic carbocycles. The van der Waals surface area contributed by atoms with Crippen LogP contribution < -0.4 is 0 Å². The van der Waals surface area contributed by atoms with Gasteiger partial charge in [-0.2, -0.15) is 0 Å². The van der Waals surface area contributed by atoms with E-state index in [9.17, 15) is 9.59 Å². The molecule has 1 saturated carbocycles. The molecule has 19 heavy (non-hydrogen) atoms. The second-order valence-electron chi connectivity index (χ2n) is 6.22. The summed E-state index contributed by atoms with van der Waals surface area (Å²) < 4.78 is 5.43. The molecule has 3 atom stereocenters. The van der Waals surface area contributed by atoms with E-state index in [4.69, 9.17) is 9.84 Å². The third kappa shape index (κ3) is 2.04. The summed E-state index contributed by atoms with van der Waals surface area (Å²) in [5, 5.41) is 8.94. The minimum atomic E-state index is -0.828. The van der Waals surface area contributed by atoms with E-state index in [1.807, 2.05) is 4.90 Å². The van der Waals surface area contributed by atoms with Gasteiger partial charge in [0.25, 0.3) is 0 Å². The van der Waals surface area contributed by atoms with Gasteiger partial charge in [-0.15, -0.1) is 0 Å². The molecular formula is C14H21NO4. The lowest BCUT2D eigenvalue weighted by molar-refractivity contribution is -0.142. The molecule has 2 saturated heterocycles. The predicted molar refractivity (Wildman–Crippen MR) is 67.5 cm³/mol. The summed E-state index contributed by atoms with van der Waals surface area (Å²) in [4.78, 5) is 25.2. The average molecular weight is 267 g/mol. The lowest BCUT2D eigenvalue weighted by atomic mass is 9.74. The molecule has 0 aromatic rings. The SMILES string of the molecule is CC1N(C(=O)C2CC2C(=O)O)CCC12CCOCC2. The molecule has 0 radical (unpaired) electrons. The van der Waals surface area contributed by atoms with Crippen molar-refractivity contribution in [2.45, 2.75) is 38.6 Å². The van der Waals surface area contributed by atoms with Gasteiger partial charge in [-0.25, -0.2) is 0 Å². The quantitative estimate of drug-likeness (QED) is 0.814. The van der Waals surface area contributed by atoms with Gasteiger partial charge < -0.3 is 14.7 Å². The van der Waals surface area contributed by atoms with E-state index in [0.717, 1.165) is 39.0 Å². The van der Waals surface area contributed by atoms with Crippen molar-refractivity contribution in [1.29, 1.82) is 0 Å². The molecule has 0 aromatic heterocycles. The Morgan fingerprint density at radius 3 is 2.47 bits per heavy atom. The molecule has 3 unspecified atom stereocenters. The van der Waals surface area contributed by atoms with Crippen molar-refractivity contribution in [3.05, 3.63) is 0 Å². The first kappa shape index (κ1) is 12.9. The van der Waals surface area contributed by atoms with E-state index in [-0.39, 0.29) is 23.3 Å². The van der Waals surface area contributed by atoms with Crippen molar-refractivity contribution in [2.24, 2.45) is 17.3 Å². The van der Waals surface area contributed by atoms with Crippen LogP contribution in [0.2, 0.25) is 0 Å². The van der Waals surface area contributed by atoms with Gasteiger partial charge >= 0.3 is 5.97 Å².